The van der Waals surface area contributed by atoms with E-state index in [9.17, 15) is 79.0 Å². The van der Waals surface area contributed by atoms with Crippen LogP contribution >= 0.6 is 34.8 Å². The number of rotatable bonds is 27. The number of aromatic amines is 1. The number of aliphatic imine (C=N–C) groups is 1. The highest BCUT2D eigenvalue weighted by atomic mass is 35.5. The third kappa shape index (κ3) is 25.9. The van der Waals surface area contributed by atoms with E-state index < -0.39 is 59.2 Å². The molecule has 724 valence electrons. The highest BCUT2D eigenvalue weighted by molar-refractivity contribution is 6.34. The number of nitrogens with one attached hydrogen (secondary N) is 2. The Hall–Kier alpha value is -17.5. The number of halogens is 3. The van der Waals surface area contributed by atoms with E-state index in [0.717, 1.165) is 37.8 Å². The molecule has 0 radical (unpaired) electrons. The summed E-state index contributed by atoms with van der Waals surface area (Å²) in [5, 5.41) is 77.0. The Kier molecular flexibility index (Phi) is 37.8. The molecule has 0 bridgehead atoms. The average molecular weight is 1980 g/mol. The van der Waals surface area contributed by atoms with Crippen LogP contribution in [-0.2, 0) is 47.8 Å². The van der Waals surface area contributed by atoms with Crippen LogP contribution in [0.25, 0.3) is 69.6 Å². The number of amides is 8. The number of nitriles is 6. The van der Waals surface area contributed by atoms with Gasteiger partial charge in [-0.3, -0.25) is 63.2 Å². The van der Waals surface area contributed by atoms with Crippen LogP contribution in [0.5, 0.6) is 5.88 Å². The molecule has 0 saturated carbocycles. The number of carbonyl (C=O) groups is 11. The first-order valence-corrected chi connectivity index (χ1v) is 45.3. The lowest BCUT2D eigenvalue weighted by Crippen LogP contribution is -2.43. The van der Waals surface area contributed by atoms with E-state index in [-0.39, 0.29) is 158 Å². The Balaban J connectivity index is 0.000000185. The number of ether oxygens (including phenoxy) is 3. The van der Waals surface area contributed by atoms with Crippen molar-refractivity contribution in [2.24, 2.45) is 4.99 Å². The predicted molar refractivity (Wildman–Crippen MR) is 529 cm³/mol. The summed E-state index contributed by atoms with van der Waals surface area (Å²) < 4.78 is 39.0. The van der Waals surface area contributed by atoms with Crippen LogP contribution in [0, 0.1) is 74.9 Å². The van der Waals surface area contributed by atoms with E-state index in [4.69, 9.17) is 82.2 Å². The first kappa shape index (κ1) is 108. The zero-order valence-electron chi connectivity index (χ0n) is 78.9. The summed E-state index contributed by atoms with van der Waals surface area (Å²) in [6, 6.07) is 56.6. The molecule has 35 heteroatoms. The number of benzene rings is 5. The predicted octanol–water partition coefficient (Wildman–Crippen LogP) is 19.3. The van der Waals surface area contributed by atoms with Crippen molar-refractivity contribution in [2.75, 3.05) is 46.1 Å². The van der Waals surface area contributed by atoms with Crippen LogP contribution in [0.3, 0.4) is 0 Å². The van der Waals surface area contributed by atoms with Crippen LogP contribution < -0.4 is 10.1 Å². The molecule has 4 N–H and O–H groups in total. The topological polar surface area (TPSA) is 501 Å². The van der Waals surface area contributed by atoms with E-state index in [0.29, 0.717) is 104 Å². The maximum Gasteiger partial charge on any atom is 0.339 e. The molecular weight excluding hydrogens is 1890 g/mol. The monoisotopic (exact) mass is 1980 g/mol. The molecule has 5 aromatic heterocycles. The molecule has 9 heterocycles. The van der Waals surface area contributed by atoms with Gasteiger partial charge in [-0.2, -0.15) is 31.6 Å². The largest absolute Gasteiger partial charge is 0.478 e. The van der Waals surface area contributed by atoms with Crippen molar-refractivity contribution < 1.29 is 94.8 Å². The summed E-state index contributed by atoms with van der Waals surface area (Å²) in [6.45, 7) is 20.8. The number of Topliss-reactive ketones (excluding diaryl/α,β-unsaturated/α-hetero) is 1. The standard InChI is InChI=1S/C25H21ClN2O6.C23H20N2O5.C22H17ClN2O5.C22H19ClN2O3.C16H14N4O/c1-3-11-33-25(32)19-12-16(5-7-21(19)26)22-8-6-17(34-22)13-18-15(2)20(14-27)24(31)28(23(18)30)9-4-10-29;1-14-19(22(28)25(9-4-10-26)23(29)20(14)13-24)12-18-7-8-21(30-18)17-6-3-5-16(11-17)15(2)27;1-11(2)29-22(28)16-8-13(4-6-18(16)23)19-7-5-14(30-19)9-15-12(3)17(10-24)21(27)25-20(15)26;1-4-10-25-21(26)17(13(2)18(12-24)22(25)27)11-15-8-9-20(28-15)16-6-5-7-19(23)14(16)3;1-2-8-21-16-14(10-18)13(9-17)15(20-16)19-11-12-6-4-3-5-7-12/h3,5-8,12-13,29H,1,4,9-11H2,2H3;3,5-8,11-12,26H,4,9-10H2,1-2H3;4-9,11H,1-3H3,(H,25,26,27);5-9,11H,4,10H2,1-3H3;3-7,11,20H,2,8H2,1H3/b18-13+;19-12+;15-9+;17-11+;. The Morgan fingerprint density at radius 3 is 1.36 bits per heavy atom. The molecule has 0 saturated heterocycles. The van der Waals surface area contributed by atoms with E-state index in [1.165, 1.54) is 51.1 Å². The maximum atomic E-state index is 12.9. The molecule has 32 nitrogen and oxygen atoms in total. The number of imide groups is 4. The first-order chi connectivity index (χ1) is 68.6. The SMILES string of the molecule is C=CCOC(=O)c1cc(-c2ccc(/C=C3/C(=O)N(CCCO)C(=O)C(C#N)=C3C)o2)ccc1Cl.CC(=O)c1cccc(-c2ccc(/C=C3/C(=O)N(CCCO)C(=O)C(C#N)=C3C)o2)c1.CC1=C(C#N)C(=O)NC(=O)/C1=C/c1ccc(-c2ccc(Cl)c(C(=O)OC(C)C)c2)o1.CCCN1C(=O)C(C#N)=C(C)/C(=C\c2ccc(-c3cccc(Cl)c3C)o2)C1=O.CCCOc1[nH]c(N=Cc2ccccc2)c(C#N)c1C#N. The van der Waals surface area contributed by atoms with Gasteiger partial charge < -0.3 is 47.1 Å². The van der Waals surface area contributed by atoms with Crippen molar-refractivity contribution in [1.82, 2.24) is 25.0 Å². The molecular formula is C108H91Cl3N12O20. The highest BCUT2D eigenvalue weighted by Gasteiger charge is 2.39. The number of aliphatic hydroxyl groups is 2. The number of carbonyl (C=O) groups excluding carboxylic acids is 11. The third-order valence-corrected chi connectivity index (χ3v) is 22.8. The van der Waals surface area contributed by atoms with Gasteiger partial charge in [-0.1, -0.05) is 122 Å². The summed E-state index contributed by atoms with van der Waals surface area (Å²) in [5.41, 5.74) is 7.39. The average Bonchev–Trinajstić information content (AvgIpc) is 1.76. The normalized spacial score (nSPS) is 14.7. The second-order valence-electron chi connectivity index (χ2n) is 31.8. The number of furan rings is 4. The van der Waals surface area contributed by atoms with E-state index in [1.54, 1.807) is 143 Å². The van der Waals surface area contributed by atoms with Crippen LogP contribution in [0.15, 0.2) is 260 Å². The van der Waals surface area contributed by atoms with E-state index in [2.05, 4.69) is 21.9 Å². The van der Waals surface area contributed by atoms with Gasteiger partial charge in [0.1, 0.15) is 123 Å². The second kappa shape index (κ2) is 50.2. The Labute approximate surface area is 836 Å². The van der Waals surface area contributed by atoms with Gasteiger partial charge in [0.15, 0.2) is 11.6 Å². The molecule has 0 fully saturated rings. The number of ketones is 1. The van der Waals surface area contributed by atoms with E-state index >= 15 is 0 Å². The molecule has 14 rings (SSSR count). The Morgan fingerprint density at radius 1 is 0.483 bits per heavy atom. The molecule has 0 spiro atoms. The fourth-order valence-electron chi connectivity index (χ4n) is 14.3. The lowest BCUT2D eigenvalue weighted by molar-refractivity contribution is -0.142. The first-order valence-electron chi connectivity index (χ1n) is 44.2. The van der Waals surface area contributed by atoms with Crippen molar-refractivity contribution in [3.8, 4) is 87.6 Å². The van der Waals surface area contributed by atoms with Crippen molar-refractivity contribution in [3.63, 3.8) is 0 Å². The lowest BCUT2D eigenvalue weighted by Gasteiger charge is -2.27. The molecule has 8 amide bonds. The minimum atomic E-state index is -0.723. The number of hydrogen-bond acceptors (Lipinski definition) is 27. The molecule has 0 atom stereocenters. The smallest absolute Gasteiger partial charge is 0.339 e. The van der Waals surface area contributed by atoms with Gasteiger partial charge in [-0.25, -0.2) is 14.6 Å². The molecule has 143 heavy (non-hydrogen) atoms. The fourth-order valence-corrected chi connectivity index (χ4v) is 14.9. The molecule has 5 aromatic carbocycles. The van der Waals surface area contributed by atoms with Crippen molar-refractivity contribution >= 4 is 136 Å². The lowest BCUT2D eigenvalue weighted by atomic mass is 9.94. The van der Waals surface area contributed by atoms with Crippen LogP contribution in [0.2, 0.25) is 15.1 Å². The van der Waals surface area contributed by atoms with Gasteiger partial charge in [-0.15, -0.1) is 0 Å². The second-order valence-corrected chi connectivity index (χ2v) is 33.0. The number of aromatic nitrogens is 1. The van der Waals surface area contributed by atoms with Gasteiger partial charge in [0.2, 0.25) is 5.88 Å². The molecule has 10 aromatic rings. The zero-order valence-corrected chi connectivity index (χ0v) is 81.2. The number of hydrogen-bond donors (Lipinski definition) is 4. The van der Waals surface area contributed by atoms with Gasteiger partial charge in [0.25, 0.3) is 47.3 Å². The minimum absolute atomic E-state index is 0.0110. The summed E-state index contributed by atoms with van der Waals surface area (Å²) in [7, 11) is 0. The Bertz CT molecular complexity index is 7330. The van der Waals surface area contributed by atoms with Crippen molar-refractivity contribution in [1.29, 1.82) is 31.6 Å². The molecule has 4 aliphatic rings. The molecule has 0 aliphatic carbocycles. The van der Waals surface area contributed by atoms with Crippen molar-refractivity contribution in [3.05, 3.63) is 314 Å². The van der Waals surface area contributed by atoms with Crippen LogP contribution in [0.1, 0.15) is 164 Å². The van der Waals surface area contributed by atoms with Gasteiger partial charge in [-0.05, 0) is 236 Å². The third-order valence-electron chi connectivity index (χ3n) is 21.7. The summed E-state index contributed by atoms with van der Waals surface area (Å²) >= 11 is 18.4. The van der Waals surface area contributed by atoms with Crippen LogP contribution in [-0.4, -0.2) is 153 Å². The highest BCUT2D eigenvalue weighted by Crippen LogP contribution is 2.39. The Morgan fingerprint density at radius 2 is 0.923 bits per heavy atom. The fraction of sp³-hybridized carbons (Fsp3) is 0.204. The van der Waals surface area contributed by atoms with Gasteiger partial charge in [0.05, 0.1) is 33.9 Å². The summed E-state index contributed by atoms with van der Waals surface area (Å²) in [5.74, 6) is -1.88. The number of nitrogens with zero attached hydrogens (tertiary/aromatic N) is 10. The molecule has 4 aliphatic heterocycles. The number of H-pyrrole nitrogens is 1. The molecule has 0 unspecified atom stereocenters. The quantitative estimate of drug-likeness (QED) is 0.00927. The number of aliphatic hydroxyl groups excluding tert-OH is 2. The minimum Gasteiger partial charge on any atom is -0.478 e. The maximum absolute atomic E-state index is 12.9. The van der Waals surface area contributed by atoms with E-state index in [1.807, 2.05) is 106 Å². The van der Waals surface area contributed by atoms with Gasteiger partial charge >= 0.3 is 11.9 Å². The van der Waals surface area contributed by atoms with Crippen molar-refractivity contribution in [2.45, 2.75) is 101 Å². The summed E-state index contributed by atoms with van der Waals surface area (Å²) in [6.07, 6.45) is 10.6. The number of esters is 2. The van der Waals surface area contributed by atoms with Gasteiger partial charge in [0, 0.05) is 94.2 Å². The zero-order chi connectivity index (χ0) is 104. The van der Waals surface area contributed by atoms with Crippen LogP contribution in [0.4, 0.5) is 5.82 Å². The summed E-state index contributed by atoms with van der Waals surface area (Å²) in [4.78, 5) is 146.